The summed E-state index contributed by atoms with van der Waals surface area (Å²) in [4.78, 5) is 0. The molecule has 10 N–H and O–H groups in total. The highest BCUT2D eigenvalue weighted by molar-refractivity contribution is 5.63. The summed E-state index contributed by atoms with van der Waals surface area (Å²) in [7, 11) is 0. The van der Waals surface area contributed by atoms with Gasteiger partial charge in [0.05, 0.1) is 6.10 Å². The summed E-state index contributed by atoms with van der Waals surface area (Å²) in [6.45, 7) is 0. The van der Waals surface area contributed by atoms with Crippen LogP contribution in [0.25, 0.3) is 0 Å². The van der Waals surface area contributed by atoms with Crippen molar-refractivity contribution in [2.45, 2.75) is 36.8 Å². The molecule has 0 aromatic heterocycles. The normalized spacial score (nSPS) is 22.9. The molecule has 5 atom stereocenters. The number of ether oxygens (including phenoxy) is 2. The third-order valence-electron chi connectivity index (χ3n) is 7.70. The number of fused-ring (bicyclic) bond motifs is 2. The first-order chi connectivity index (χ1) is 19.9. The minimum absolute atomic E-state index is 0.0106. The van der Waals surface area contributed by atoms with Crippen LogP contribution in [-0.2, 0) is 6.42 Å². The number of benzene rings is 4. The van der Waals surface area contributed by atoms with Crippen LogP contribution >= 0.6 is 0 Å². The number of phenolic OH excluding ortho intramolecular Hbond substituents is 8. The lowest BCUT2D eigenvalue weighted by molar-refractivity contribution is 0.00658. The first-order valence-corrected chi connectivity index (χ1v) is 12.8. The van der Waals surface area contributed by atoms with E-state index < -0.39 is 70.6 Å². The topological polar surface area (TPSA) is 221 Å². The number of hydrogen-bond acceptors (Lipinski definition) is 12. The number of phenols is 8. The summed E-state index contributed by atoms with van der Waals surface area (Å²) in [6.07, 6.45) is -5.29. The molecular formula is C30H26O12. The van der Waals surface area contributed by atoms with E-state index in [4.69, 9.17) is 9.47 Å². The molecule has 2 aliphatic rings. The van der Waals surface area contributed by atoms with Gasteiger partial charge in [0.15, 0.2) is 41.0 Å². The lowest BCUT2D eigenvalue weighted by atomic mass is 9.78. The maximum atomic E-state index is 11.6. The van der Waals surface area contributed by atoms with Crippen molar-refractivity contribution < 1.29 is 60.5 Å². The van der Waals surface area contributed by atoms with Gasteiger partial charge in [0.25, 0.3) is 0 Å². The summed E-state index contributed by atoms with van der Waals surface area (Å²) in [5, 5.41) is 105. The Kier molecular flexibility index (Phi) is 6.24. The number of aromatic hydroxyl groups is 8. The van der Waals surface area contributed by atoms with Gasteiger partial charge in [0, 0.05) is 46.7 Å². The van der Waals surface area contributed by atoms with Gasteiger partial charge in [-0.2, -0.15) is 0 Å². The van der Waals surface area contributed by atoms with E-state index in [2.05, 4.69) is 0 Å². The van der Waals surface area contributed by atoms with Gasteiger partial charge in [0.2, 0.25) is 0 Å². The van der Waals surface area contributed by atoms with Gasteiger partial charge in [-0.15, -0.1) is 0 Å². The quantitative estimate of drug-likeness (QED) is 0.159. The molecule has 5 unspecified atom stereocenters. The van der Waals surface area contributed by atoms with Crippen molar-refractivity contribution in [1.82, 2.24) is 0 Å². The highest BCUT2D eigenvalue weighted by atomic mass is 16.5. The van der Waals surface area contributed by atoms with Crippen molar-refractivity contribution in [3.05, 3.63) is 82.4 Å². The Bertz CT molecular complexity index is 1690. The second kappa shape index (κ2) is 9.72. The Morgan fingerprint density at radius 3 is 1.93 bits per heavy atom. The maximum absolute atomic E-state index is 11.6. The molecule has 12 nitrogen and oxygen atoms in total. The lowest BCUT2D eigenvalue weighted by Crippen LogP contribution is -2.35. The van der Waals surface area contributed by atoms with Gasteiger partial charge >= 0.3 is 0 Å². The first kappa shape index (κ1) is 27.0. The fourth-order valence-corrected chi connectivity index (χ4v) is 5.67. The standard InChI is InChI=1S/C30H26O12/c31-13-2-3-14-22(8-13)42-30(11-1-4-16(32)17(33)5-11)28(40)24(14)25-18(34)10-23-15(26(25)38)9-21(37)29(41-23)12-6-19(35)27(39)20(36)7-12/h1-8,10,21,24,28-40H,9H2. The Morgan fingerprint density at radius 2 is 1.24 bits per heavy atom. The lowest BCUT2D eigenvalue weighted by Gasteiger charge is -2.39. The summed E-state index contributed by atoms with van der Waals surface area (Å²) in [6, 6.07) is 11.4. The summed E-state index contributed by atoms with van der Waals surface area (Å²) < 4.78 is 11.8. The number of aliphatic hydroxyl groups is 2. The fourth-order valence-electron chi connectivity index (χ4n) is 5.67. The SMILES string of the molecule is Oc1ccc2c(c1)OC(c1ccc(O)c(O)c1)C(O)C2c1c(O)cc2c(c1O)CC(O)C(c1cc(O)c(O)c(O)c1)O2. The molecule has 0 radical (unpaired) electrons. The third-order valence-corrected chi connectivity index (χ3v) is 7.70. The molecule has 0 fully saturated rings. The maximum Gasteiger partial charge on any atom is 0.200 e. The summed E-state index contributed by atoms with van der Waals surface area (Å²) in [5.74, 6) is -4.99. The molecule has 0 amide bonds. The van der Waals surface area contributed by atoms with Crippen LogP contribution in [0.1, 0.15) is 45.9 Å². The van der Waals surface area contributed by atoms with Crippen molar-refractivity contribution >= 4 is 0 Å². The van der Waals surface area contributed by atoms with E-state index in [9.17, 15) is 51.1 Å². The molecule has 0 saturated heterocycles. The molecule has 218 valence electrons. The van der Waals surface area contributed by atoms with E-state index in [0.717, 1.165) is 12.1 Å². The van der Waals surface area contributed by atoms with Crippen LogP contribution in [-0.4, -0.2) is 63.3 Å². The zero-order valence-corrected chi connectivity index (χ0v) is 21.6. The van der Waals surface area contributed by atoms with Crippen molar-refractivity contribution in [3.63, 3.8) is 0 Å². The average molecular weight is 579 g/mol. The van der Waals surface area contributed by atoms with Crippen molar-refractivity contribution in [3.8, 4) is 57.5 Å². The predicted octanol–water partition coefficient (Wildman–Crippen LogP) is 3.00. The van der Waals surface area contributed by atoms with Gasteiger partial charge in [0.1, 0.15) is 34.9 Å². The highest BCUT2D eigenvalue weighted by Crippen LogP contribution is 2.54. The largest absolute Gasteiger partial charge is 0.508 e. The fraction of sp³-hybridized carbons (Fsp3) is 0.200. The molecule has 0 spiro atoms. The van der Waals surface area contributed by atoms with Crippen LogP contribution < -0.4 is 9.47 Å². The summed E-state index contributed by atoms with van der Waals surface area (Å²) >= 11 is 0. The third kappa shape index (κ3) is 4.24. The molecule has 4 aromatic rings. The van der Waals surface area contributed by atoms with Crippen molar-refractivity contribution in [2.24, 2.45) is 0 Å². The average Bonchev–Trinajstić information content (AvgIpc) is 2.94. The number of hydrogen-bond donors (Lipinski definition) is 10. The molecule has 0 saturated carbocycles. The molecule has 4 aromatic carbocycles. The van der Waals surface area contributed by atoms with Crippen molar-refractivity contribution in [1.29, 1.82) is 0 Å². The van der Waals surface area contributed by atoms with Gasteiger partial charge in [-0.05, 0) is 35.9 Å². The molecule has 6 rings (SSSR count). The van der Waals surface area contributed by atoms with Crippen LogP contribution in [0.3, 0.4) is 0 Å². The molecule has 0 aliphatic carbocycles. The number of rotatable bonds is 3. The molecule has 12 heteroatoms. The monoisotopic (exact) mass is 578 g/mol. The molecule has 42 heavy (non-hydrogen) atoms. The Morgan fingerprint density at radius 1 is 0.571 bits per heavy atom. The predicted molar refractivity (Wildman–Crippen MR) is 143 cm³/mol. The van der Waals surface area contributed by atoms with Gasteiger partial charge < -0.3 is 60.5 Å². The van der Waals surface area contributed by atoms with Crippen LogP contribution in [0, 0.1) is 0 Å². The van der Waals surface area contributed by atoms with Gasteiger partial charge in [-0.3, -0.25) is 0 Å². The minimum Gasteiger partial charge on any atom is -0.508 e. The van der Waals surface area contributed by atoms with E-state index in [0.29, 0.717) is 5.56 Å². The van der Waals surface area contributed by atoms with Crippen LogP contribution in [0.5, 0.6) is 57.5 Å². The van der Waals surface area contributed by atoms with E-state index in [-0.39, 0.29) is 45.9 Å². The first-order valence-electron chi connectivity index (χ1n) is 12.8. The van der Waals surface area contributed by atoms with E-state index >= 15 is 0 Å². The van der Waals surface area contributed by atoms with Crippen LogP contribution in [0.4, 0.5) is 0 Å². The van der Waals surface area contributed by atoms with Crippen LogP contribution in [0.15, 0.2) is 54.6 Å². The minimum atomic E-state index is -1.47. The van der Waals surface area contributed by atoms with Gasteiger partial charge in [-0.1, -0.05) is 12.1 Å². The van der Waals surface area contributed by atoms with Crippen molar-refractivity contribution in [2.75, 3.05) is 0 Å². The number of aliphatic hydroxyl groups excluding tert-OH is 2. The molecular weight excluding hydrogens is 552 g/mol. The van der Waals surface area contributed by atoms with Crippen LogP contribution in [0.2, 0.25) is 0 Å². The van der Waals surface area contributed by atoms with Gasteiger partial charge in [-0.25, -0.2) is 0 Å². The zero-order valence-electron chi connectivity index (χ0n) is 21.6. The van der Waals surface area contributed by atoms with E-state index in [1.165, 1.54) is 42.5 Å². The molecule has 2 aliphatic heterocycles. The highest BCUT2D eigenvalue weighted by Gasteiger charge is 2.44. The Hall–Kier alpha value is -5.20. The zero-order chi connectivity index (χ0) is 30.0. The smallest absolute Gasteiger partial charge is 0.200 e. The Balaban J connectivity index is 1.45. The molecule has 2 heterocycles. The van der Waals surface area contributed by atoms with E-state index in [1.54, 1.807) is 0 Å². The second-order valence-corrected chi connectivity index (χ2v) is 10.3. The Labute approximate surface area is 237 Å². The summed E-state index contributed by atoms with van der Waals surface area (Å²) in [5.41, 5.74) is 0.693. The van der Waals surface area contributed by atoms with E-state index in [1.807, 2.05) is 0 Å². The molecule has 0 bridgehead atoms. The second-order valence-electron chi connectivity index (χ2n) is 10.3.